The van der Waals surface area contributed by atoms with Crippen molar-refractivity contribution in [3.05, 3.63) is 45.6 Å². The molecule has 1 aliphatic carbocycles. The van der Waals surface area contributed by atoms with Gasteiger partial charge in [-0.15, -0.1) is 11.3 Å². The molecule has 2 fully saturated rings. The number of carbonyl (C=O) groups is 1. The van der Waals surface area contributed by atoms with Crippen LogP contribution in [0.1, 0.15) is 48.7 Å². The molecule has 0 unspecified atom stereocenters. The fourth-order valence-electron chi connectivity index (χ4n) is 5.22. The highest BCUT2D eigenvalue weighted by molar-refractivity contribution is 7.21. The molecule has 1 aliphatic heterocycles. The lowest BCUT2D eigenvalue weighted by atomic mass is 9.94. The van der Waals surface area contributed by atoms with Crippen LogP contribution in [0, 0.1) is 0 Å². The molecule has 30 heavy (non-hydrogen) atoms. The average Bonchev–Trinajstić information content (AvgIpc) is 3.26. The lowest BCUT2D eigenvalue weighted by Crippen LogP contribution is -2.52. The third-order valence-corrected chi connectivity index (χ3v) is 8.02. The van der Waals surface area contributed by atoms with E-state index in [9.17, 15) is 9.59 Å². The van der Waals surface area contributed by atoms with Gasteiger partial charge in [0.25, 0.3) is 11.5 Å². The lowest BCUT2D eigenvalue weighted by Gasteiger charge is -2.40. The Labute approximate surface area is 180 Å². The molecule has 3 heterocycles. The number of piperazine rings is 1. The fourth-order valence-corrected chi connectivity index (χ4v) is 6.37. The molecule has 0 atom stereocenters. The Bertz CT molecular complexity index is 1130. The maximum Gasteiger partial charge on any atom is 0.264 e. The highest BCUT2D eigenvalue weighted by Crippen LogP contribution is 2.31. The molecule has 5 nitrogen and oxygen atoms in total. The SMILES string of the molecule is CCn1c(=O)c2cc(C(=O)N3CCN(C4CCCCC4)CC3)sc2c2ccccc21. The van der Waals surface area contributed by atoms with E-state index in [1.165, 1.54) is 43.4 Å². The smallest absolute Gasteiger partial charge is 0.264 e. The topological polar surface area (TPSA) is 45.6 Å². The van der Waals surface area contributed by atoms with Gasteiger partial charge in [0, 0.05) is 48.9 Å². The Hall–Kier alpha value is -2.18. The summed E-state index contributed by atoms with van der Waals surface area (Å²) in [5.74, 6) is 0.0750. The van der Waals surface area contributed by atoms with Gasteiger partial charge in [-0.25, -0.2) is 0 Å². The van der Waals surface area contributed by atoms with Gasteiger partial charge in [0.05, 0.1) is 15.8 Å². The number of fused-ring (bicyclic) bond motifs is 3. The van der Waals surface area contributed by atoms with Crippen LogP contribution in [0.3, 0.4) is 0 Å². The minimum Gasteiger partial charge on any atom is -0.335 e. The summed E-state index contributed by atoms with van der Waals surface area (Å²) in [6, 6.07) is 10.5. The number of benzene rings is 1. The van der Waals surface area contributed by atoms with Gasteiger partial charge in [0.1, 0.15) is 0 Å². The van der Waals surface area contributed by atoms with Crippen molar-refractivity contribution in [2.45, 2.75) is 51.6 Å². The first-order valence-corrected chi connectivity index (χ1v) is 12.1. The summed E-state index contributed by atoms with van der Waals surface area (Å²) >= 11 is 1.47. The van der Waals surface area contributed by atoms with Gasteiger partial charge in [0.2, 0.25) is 0 Å². The Morgan fingerprint density at radius 3 is 2.50 bits per heavy atom. The van der Waals surface area contributed by atoms with Crippen molar-refractivity contribution in [2.75, 3.05) is 26.2 Å². The second kappa shape index (κ2) is 8.16. The number of hydrogen-bond acceptors (Lipinski definition) is 4. The predicted octanol–water partition coefficient (Wildman–Crippen LogP) is 4.33. The number of aryl methyl sites for hydroxylation is 1. The zero-order chi connectivity index (χ0) is 20.7. The van der Waals surface area contributed by atoms with Crippen LogP contribution in [0.5, 0.6) is 0 Å². The van der Waals surface area contributed by atoms with Crippen molar-refractivity contribution in [1.29, 1.82) is 0 Å². The van der Waals surface area contributed by atoms with E-state index >= 15 is 0 Å². The van der Waals surface area contributed by atoms with E-state index in [1.54, 1.807) is 0 Å². The maximum atomic E-state index is 13.3. The maximum absolute atomic E-state index is 13.3. The molecule has 0 radical (unpaired) electrons. The molecule has 158 valence electrons. The first kappa shape index (κ1) is 19.8. The van der Waals surface area contributed by atoms with Crippen LogP contribution < -0.4 is 5.56 Å². The van der Waals surface area contributed by atoms with Crippen molar-refractivity contribution in [3.8, 4) is 0 Å². The quantitative estimate of drug-likeness (QED) is 0.630. The molecule has 5 rings (SSSR count). The van der Waals surface area contributed by atoms with Gasteiger partial charge in [-0.2, -0.15) is 0 Å². The number of thiophene rings is 1. The number of pyridine rings is 1. The molecule has 6 heteroatoms. The minimum absolute atomic E-state index is 0.00335. The van der Waals surface area contributed by atoms with E-state index in [0.717, 1.165) is 41.8 Å². The molecule has 2 aliphatic rings. The Kier molecular flexibility index (Phi) is 5.37. The highest BCUT2D eigenvalue weighted by Gasteiger charge is 2.28. The molecule has 2 aromatic heterocycles. The minimum atomic E-state index is 0.00335. The molecule has 1 saturated heterocycles. The van der Waals surface area contributed by atoms with E-state index in [4.69, 9.17) is 0 Å². The van der Waals surface area contributed by atoms with E-state index in [-0.39, 0.29) is 11.5 Å². The van der Waals surface area contributed by atoms with Crippen LogP contribution in [-0.2, 0) is 6.54 Å². The van der Waals surface area contributed by atoms with Crippen molar-refractivity contribution in [3.63, 3.8) is 0 Å². The van der Waals surface area contributed by atoms with Crippen molar-refractivity contribution in [2.24, 2.45) is 0 Å². The van der Waals surface area contributed by atoms with Crippen LogP contribution in [0.4, 0.5) is 0 Å². The summed E-state index contributed by atoms with van der Waals surface area (Å²) in [5.41, 5.74) is 0.947. The first-order valence-electron chi connectivity index (χ1n) is 11.3. The molecule has 3 aromatic rings. The first-order chi connectivity index (χ1) is 14.7. The van der Waals surface area contributed by atoms with Gasteiger partial charge in [-0.05, 0) is 31.9 Å². The van der Waals surface area contributed by atoms with Crippen LogP contribution in [0.2, 0.25) is 0 Å². The number of nitrogens with zero attached hydrogens (tertiary/aromatic N) is 3. The number of amides is 1. The van der Waals surface area contributed by atoms with E-state index in [1.807, 2.05) is 40.7 Å². The summed E-state index contributed by atoms with van der Waals surface area (Å²) in [6.07, 6.45) is 6.67. The fraction of sp³-hybridized carbons (Fsp3) is 0.500. The largest absolute Gasteiger partial charge is 0.335 e. The van der Waals surface area contributed by atoms with Gasteiger partial charge in [-0.3, -0.25) is 14.5 Å². The molecule has 0 bridgehead atoms. The molecule has 1 amide bonds. The summed E-state index contributed by atoms with van der Waals surface area (Å²) in [4.78, 5) is 31.6. The number of hydrogen-bond donors (Lipinski definition) is 0. The van der Waals surface area contributed by atoms with E-state index < -0.39 is 0 Å². The normalized spacial score (nSPS) is 19.0. The molecular weight excluding hydrogens is 394 g/mol. The standard InChI is InChI=1S/C24H29N3O2S/c1-2-27-20-11-7-6-10-18(20)22-19(23(27)28)16-21(30-22)24(29)26-14-12-25(13-15-26)17-8-4-3-5-9-17/h6-7,10-11,16-17H,2-5,8-9,12-15H2,1H3. The number of para-hydroxylation sites is 1. The van der Waals surface area contributed by atoms with E-state index in [2.05, 4.69) is 11.0 Å². The average molecular weight is 424 g/mol. The summed E-state index contributed by atoms with van der Waals surface area (Å²) in [5, 5.41) is 1.73. The third-order valence-electron chi connectivity index (χ3n) is 6.87. The van der Waals surface area contributed by atoms with Crippen LogP contribution in [-0.4, -0.2) is 52.5 Å². The van der Waals surface area contributed by atoms with Crippen molar-refractivity contribution < 1.29 is 4.79 Å². The van der Waals surface area contributed by atoms with Gasteiger partial charge < -0.3 is 9.47 Å². The number of carbonyl (C=O) groups excluding carboxylic acids is 1. The molecule has 1 saturated carbocycles. The third kappa shape index (κ3) is 3.36. The van der Waals surface area contributed by atoms with Crippen LogP contribution >= 0.6 is 11.3 Å². The number of rotatable bonds is 3. The van der Waals surface area contributed by atoms with Crippen LogP contribution in [0.15, 0.2) is 35.1 Å². The highest BCUT2D eigenvalue weighted by atomic mass is 32.1. The summed E-state index contributed by atoms with van der Waals surface area (Å²) in [7, 11) is 0. The molecule has 0 N–H and O–H groups in total. The van der Waals surface area contributed by atoms with Crippen LogP contribution in [0.25, 0.3) is 21.0 Å². The Balaban J connectivity index is 1.41. The Morgan fingerprint density at radius 2 is 1.77 bits per heavy atom. The van der Waals surface area contributed by atoms with Crippen molar-refractivity contribution >= 4 is 38.2 Å². The number of aromatic nitrogens is 1. The summed E-state index contributed by atoms with van der Waals surface area (Å²) in [6.45, 7) is 6.11. The Morgan fingerprint density at radius 1 is 1.03 bits per heavy atom. The molecule has 1 aromatic carbocycles. The van der Waals surface area contributed by atoms with E-state index in [0.29, 0.717) is 22.8 Å². The zero-order valence-electron chi connectivity index (χ0n) is 17.6. The van der Waals surface area contributed by atoms with Gasteiger partial charge in [-0.1, -0.05) is 37.5 Å². The second-order valence-corrected chi connectivity index (χ2v) is 9.59. The monoisotopic (exact) mass is 423 g/mol. The molecule has 0 spiro atoms. The van der Waals surface area contributed by atoms with Gasteiger partial charge >= 0.3 is 0 Å². The lowest BCUT2D eigenvalue weighted by molar-refractivity contribution is 0.0527. The summed E-state index contributed by atoms with van der Waals surface area (Å²) < 4.78 is 2.74. The predicted molar refractivity (Wildman–Crippen MR) is 124 cm³/mol. The van der Waals surface area contributed by atoms with Crippen molar-refractivity contribution in [1.82, 2.24) is 14.4 Å². The zero-order valence-corrected chi connectivity index (χ0v) is 18.4. The second-order valence-electron chi connectivity index (χ2n) is 8.54. The molecular formula is C24H29N3O2S. The van der Waals surface area contributed by atoms with Gasteiger partial charge in [0.15, 0.2) is 0 Å².